The number of alkyl halides is 3. The summed E-state index contributed by atoms with van der Waals surface area (Å²) < 4.78 is 38.6. The summed E-state index contributed by atoms with van der Waals surface area (Å²) in [4.78, 5) is 2.08. The minimum Gasteiger partial charge on any atom is -0.370 e. The second-order valence-electron chi connectivity index (χ2n) is 5.95. The maximum atomic E-state index is 12.7. The second-order valence-corrected chi connectivity index (χ2v) is 6.81. The Balaban J connectivity index is 3.09. The van der Waals surface area contributed by atoms with Crippen LogP contribution in [0.15, 0.2) is 22.7 Å². The number of hydrogen-bond acceptors (Lipinski definition) is 2. The molecule has 0 bridgehead atoms. The largest absolute Gasteiger partial charge is 0.416 e. The topological polar surface area (TPSA) is 29.3 Å². The van der Waals surface area contributed by atoms with Crippen LogP contribution in [0.3, 0.4) is 0 Å². The Morgan fingerprint density at radius 2 is 1.86 bits per heavy atom. The van der Waals surface area contributed by atoms with Gasteiger partial charge in [-0.2, -0.15) is 13.2 Å². The Morgan fingerprint density at radius 3 is 2.29 bits per heavy atom. The van der Waals surface area contributed by atoms with E-state index in [-0.39, 0.29) is 5.41 Å². The summed E-state index contributed by atoms with van der Waals surface area (Å²) in [7, 11) is 0. The monoisotopic (exact) mass is 366 g/mol. The molecule has 0 aliphatic rings. The molecule has 1 aromatic rings. The van der Waals surface area contributed by atoms with Gasteiger partial charge in [0.25, 0.3) is 0 Å². The van der Waals surface area contributed by atoms with Crippen molar-refractivity contribution in [2.75, 3.05) is 24.5 Å². The molecule has 0 aromatic heterocycles. The van der Waals surface area contributed by atoms with E-state index >= 15 is 0 Å². The summed E-state index contributed by atoms with van der Waals surface area (Å²) in [6.07, 6.45) is -3.42. The van der Waals surface area contributed by atoms with Crippen LogP contribution in [0.25, 0.3) is 0 Å². The van der Waals surface area contributed by atoms with Crippen LogP contribution < -0.4 is 10.6 Å². The van der Waals surface area contributed by atoms with Gasteiger partial charge in [-0.25, -0.2) is 0 Å². The van der Waals surface area contributed by atoms with Crippen LogP contribution in [0.5, 0.6) is 0 Å². The highest BCUT2D eigenvalue weighted by molar-refractivity contribution is 9.10. The molecule has 0 aliphatic carbocycles. The zero-order valence-corrected chi connectivity index (χ0v) is 14.2. The molecule has 0 spiro atoms. The van der Waals surface area contributed by atoms with Gasteiger partial charge in [-0.05, 0) is 52.5 Å². The Kier molecular flexibility index (Phi) is 6.11. The highest BCUT2D eigenvalue weighted by atomic mass is 79.9. The number of anilines is 1. The van der Waals surface area contributed by atoms with Gasteiger partial charge in [0.05, 0.1) is 11.3 Å². The lowest BCUT2D eigenvalue weighted by atomic mass is 9.92. The van der Waals surface area contributed by atoms with Crippen molar-refractivity contribution in [1.29, 1.82) is 0 Å². The third kappa shape index (κ3) is 5.18. The van der Waals surface area contributed by atoms with Crippen molar-refractivity contribution in [1.82, 2.24) is 0 Å². The average Bonchev–Trinajstić information content (AvgIpc) is 2.37. The van der Waals surface area contributed by atoms with E-state index < -0.39 is 11.7 Å². The van der Waals surface area contributed by atoms with Crippen molar-refractivity contribution >= 4 is 21.6 Å². The molecule has 1 aromatic carbocycles. The molecule has 2 N–H and O–H groups in total. The molecule has 0 unspecified atom stereocenters. The summed E-state index contributed by atoms with van der Waals surface area (Å²) in [5.74, 6) is 0. The summed E-state index contributed by atoms with van der Waals surface area (Å²) in [5, 5.41) is 0. The van der Waals surface area contributed by atoms with Crippen molar-refractivity contribution < 1.29 is 13.2 Å². The SMILES string of the molecule is CCCN(CC(C)(C)CN)c1ccc(C(F)(F)F)cc1Br. The van der Waals surface area contributed by atoms with Crippen LogP contribution in [-0.2, 0) is 6.18 Å². The summed E-state index contributed by atoms with van der Waals surface area (Å²) in [6, 6.07) is 3.78. The lowest BCUT2D eigenvalue weighted by Gasteiger charge is -2.34. The zero-order valence-electron chi connectivity index (χ0n) is 12.6. The molecule has 0 saturated heterocycles. The standard InChI is InChI=1S/C15H22BrF3N2/c1-4-7-21(10-14(2,3)9-20)13-6-5-11(8-12(13)16)15(17,18)19/h5-6,8H,4,7,9-10,20H2,1-3H3. The van der Waals surface area contributed by atoms with E-state index in [4.69, 9.17) is 5.73 Å². The van der Waals surface area contributed by atoms with E-state index in [1.54, 1.807) is 0 Å². The maximum Gasteiger partial charge on any atom is 0.416 e. The minimum absolute atomic E-state index is 0.0999. The lowest BCUT2D eigenvalue weighted by Crippen LogP contribution is -2.39. The number of nitrogens with zero attached hydrogens (tertiary/aromatic N) is 1. The first-order valence-electron chi connectivity index (χ1n) is 6.92. The van der Waals surface area contributed by atoms with Crippen molar-refractivity contribution in [3.8, 4) is 0 Å². The van der Waals surface area contributed by atoms with Crippen molar-refractivity contribution in [3.63, 3.8) is 0 Å². The highest BCUT2D eigenvalue weighted by Gasteiger charge is 2.31. The molecule has 0 saturated carbocycles. The third-order valence-electron chi connectivity index (χ3n) is 3.28. The highest BCUT2D eigenvalue weighted by Crippen LogP contribution is 2.36. The van der Waals surface area contributed by atoms with E-state index in [2.05, 4.69) is 20.8 Å². The summed E-state index contributed by atoms with van der Waals surface area (Å²) in [5.41, 5.74) is 5.79. The fourth-order valence-corrected chi connectivity index (χ4v) is 2.71. The molecule has 6 heteroatoms. The molecular weight excluding hydrogens is 345 g/mol. The number of hydrogen-bond donors (Lipinski definition) is 1. The molecule has 1 rings (SSSR count). The molecule has 0 amide bonds. The Morgan fingerprint density at radius 1 is 1.24 bits per heavy atom. The number of benzene rings is 1. The van der Waals surface area contributed by atoms with Gasteiger partial charge in [0, 0.05) is 17.6 Å². The Bertz CT molecular complexity index is 472. The molecule has 0 aliphatic heterocycles. The van der Waals surface area contributed by atoms with Crippen LogP contribution in [-0.4, -0.2) is 19.6 Å². The van der Waals surface area contributed by atoms with Crippen LogP contribution in [0.4, 0.5) is 18.9 Å². The lowest BCUT2D eigenvalue weighted by molar-refractivity contribution is -0.137. The van der Waals surface area contributed by atoms with E-state index in [0.29, 0.717) is 17.6 Å². The van der Waals surface area contributed by atoms with Gasteiger partial charge in [-0.15, -0.1) is 0 Å². The van der Waals surface area contributed by atoms with Crippen molar-refractivity contribution in [2.24, 2.45) is 11.1 Å². The average molecular weight is 367 g/mol. The molecule has 120 valence electrons. The maximum absolute atomic E-state index is 12.7. The third-order valence-corrected chi connectivity index (χ3v) is 3.92. The van der Waals surface area contributed by atoms with Crippen LogP contribution in [0.2, 0.25) is 0 Å². The fourth-order valence-electron chi connectivity index (χ4n) is 2.08. The van der Waals surface area contributed by atoms with Crippen molar-refractivity contribution in [2.45, 2.75) is 33.4 Å². The minimum atomic E-state index is -4.33. The molecule has 0 radical (unpaired) electrons. The number of nitrogens with two attached hydrogens (primary N) is 1. The smallest absolute Gasteiger partial charge is 0.370 e. The van der Waals surface area contributed by atoms with Gasteiger partial charge in [0.2, 0.25) is 0 Å². The van der Waals surface area contributed by atoms with Gasteiger partial charge in [-0.3, -0.25) is 0 Å². The predicted octanol–water partition coefficient (Wildman–Crippen LogP) is 4.67. The van der Waals surface area contributed by atoms with Gasteiger partial charge < -0.3 is 10.6 Å². The molecule has 0 heterocycles. The summed E-state index contributed by atoms with van der Waals surface area (Å²) >= 11 is 3.27. The second kappa shape index (κ2) is 7.01. The predicted molar refractivity (Wildman–Crippen MR) is 84.5 cm³/mol. The van der Waals surface area contributed by atoms with Gasteiger partial charge in [0.15, 0.2) is 0 Å². The number of rotatable bonds is 6. The first-order valence-corrected chi connectivity index (χ1v) is 7.72. The van der Waals surface area contributed by atoms with Crippen LogP contribution in [0.1, 0.15) is 32.8 Å². The molecule has 2 nitrogen and oxygen atoms in total. The number of halogens is 4. The van der Waals surface area contributed by atoms with Gasteiger partial charge in [0.1, 0.15) is 0 Å². The quantitative estimate of drug-likeness (QED) is 0.792. The fraction of sp³-hybridized carbons (Fsp3) is 0.600. The zero-order chi connectivity index (χ0) is 16.3. The summed E-state index contributed by atoms with van der Waals surface area (Å²) in [6.45, 7) is 8.13. The van der Waals surface area contributed by atoms with Crippen LogP contribution in [0, 0.1) is 5.41 Å². The molecule has 0 fully saturated rings. The van der Waals surface area contributed by atoms with E-state index in [0.717, 1.165) is 30.8 Å². The van der Waals surface area contributed by atoms with Gasteiger partial charge in [-0.1, -0.05) is 20.8 Å². The van der Waals surface area contributed by atoms with E-state index in [1.807, 2.05) is 20.8 Å². The Labute approximate surface area is 132 Å². The first-order chi connectivity index (χ1) is 9.60. The first kappa shape index (κ1) is 18.3. The van der Waals surface area contributed by atoms with Gasteiger partial charge >= 0.3 is 6.18 Å². The van der Waals surface area contributed by atoms with E-state index in [1.165, 1.54) is 6.07 Å². The van der Waals surface area contributed by atoms with Crippen molar-refractivity contribution in [3.05, 3.63) is 28.2 Å². The normalized spacial score (nSPS) is 12.6. The molecule has 0 atom stereocenters. The Hall–Kier alpha value is -0.750. The molecule has 21 heavy (non-hydrogen) atoms. The molecular formula is C15H22BrF3N2. The van der Waals surface area contributed by atoms with Crippen LogP contribution >= 0.6 is 15.9 Å². The van der Waals surface area contributed by atoms with E-state index in [9.17, 15) is 13.2 Å².